The van der Waals surface area contributed by atoms with E-state index in [0.717, 1.165) is 34.1 Å². The lowest BCUT2D eigenvalue weighted by Crippen LogP contribution is -2.58. The molecule has 0 aromatic heterocycles. The third kappa shape index (κ3) is 9.22. The molecule has 13 aromatic carbocycles. The van der Waals surface area contributed by atoms with Gasteiger partial charge in [0.25, 0.3) is 0 Å². The standard InChI is InChI=1S/C78H57BN2S2/c1-78(2,3)58-27-23-26-53(47-58)54-44-55(46-57(45-54)76-67-38-21-19-36-65(67)75(52-24-9-4-10-25-52)66-37-20-22-39-68(66)76)56-48-73-77-74(49-56)83-72-51-64(81(61-32-15-7-16-33-61)62-34-17-8-18-35-62)41-43-70(72)79(77)69-42-40-63(50-71(69)82-73)80(59-28-11-5-12-29-59)60-30-13-6-14-31-60/h4-51H,1-3H3. The molecular formula is C78H57BN2S2. The highest BCUT2D eigenvalue weighted by molar-refractivity contribution is 8.01. The monoisotopic (exact) mass is 1100 g/mol. The molecule has 0 saturated heterocycles. The van der Waals surface area contributed by atoms with Gasteiger partial charge in [-0.3, -0.25) is 0 Å². The Morgan fingerprint density at radius 3 is 1.07 bits per heavy atom. The minimum absolute atomic E-state index is 0.0208. The van der Waals surface area contributed by atoms with E-state index in [9.17, 15) is 0 Å². The fraction of sp³-hybridized carbons (Fsp3) is 0.0513. The SMILES string of the molecule is CC(C)(C)c1cccc(-c2cc(-c3cc4c5c(c3)Sc3cc(N(c6ccccc6)c6ccccc6)ccc3B5c3ccc(N(c5ccccc5)c5ccccc5)cc3S4)cc(-c3c4ccccc4c(-c4ccccc4)c4ccccc34)c2)c1. The molecular weight excluding hydrogens is 1040 g/mol. The van der Waals surface area contributed by atoms with Gasteiger partial charge in [0.05, 0.1) is 0 Å². The summed E-state index contributed by atoms with van der Waals surface area (Å²) < 4.78 is 0. The van der Waals surface area contributed by atoms with Crippen LogP contribution in [0.2, 0.25) is 0 Å². The first-order valence-corrected chi connectivity index (χ1v) is 30.3. The molecule has 2 aliphatic heterocycles. The lowest BCUT2D eigenvalue weighted by molar-refractivity contribution is 0.590. The van der Waals surface area contributed by atoms with Crippen LogP contribution in [0.25, 0.3) is 66.1 Å². The molecule has 0 aliphatic carbocycles. The Balaban J connectivity index is 0.961. The highest BCUT2D eigenvalue weighted by Gasteiger charge is 2.39. The van der Waals surface area contributed by atoms with E-state index < -0.39 is 0 Å². The number of rotatable bonds is 10. The first-order chi connectivity index (χ1) is 40.8. The Hall–Kier alpha value is -9.26. The molecule has 0 bridgehead atoms. The minimum Gasteiger partial charge on any atom is -0.310 e. The average molecular weight is 1100 g/mol. The van der Waals surface area contributed by atoms with Crippen LogP contribution in [0.3, 0.4) is 0 Å². The van der Waals surface area contributed by atoms with Gasteiger partial charge in [0.2, 0.25) is 6.71 Å². The van der Waals surface area contributed by atoms with Gasteiger partial charge < -0.3 is 9.80 Å². The van der Waals surface area contributed by atoms with Crippen LogP contribution in [0.4, 0.5) is 34.1 Å². The molecule has 0 saturated carbocycles. The quantitative estimate of drug-likeness (QED) is 0.0994. The second kappa shape index (κ2) is 20.9. The smallest absolute Gasteiger partial charge is 0.247 e. The van der Waals surface area contributed by atoms with E-state index in [1.54, 1.807) is 0 Å². The van der Waals surface area contributed by atoms with Crippen LogP contribution in [0, 0.1) is 0 Å². The van der Waals surface area contributed by atoms with Crippen LogP contribution >= 0.6 is 23.5 Å². The van der Waals surface area contributed by atoms with Crippen LogP contribution in [0.15, 0.2) is 311 Å². The Morgan fingerprint density at radius 2 is 0.639 bits per heavy atom. The lowest BCUT2D eigenvalue weighted by Gasteiger charge is -2.35. The molecule has 5 heteroatoms. The minimum atomic E-state index is -0.0208. The van der Waals surface area contributed by atoms with E-state index in [-0.39, 0.29) is 12.1 Å². The fourth-order valence-electron chi connectivity index (χ4n) is 12.7. The average Bonchev–Trinajstić information content (AvgIpc) is 2.38. The number of hydrogen-bond acceptors (Lipinski definition) is 4. The molecule has 0 radical (unpaired) electrons. The maximum absolute atomic E-state index is 2.51. The number of nitrogens with zero attached hydrogens (tertiary/aromatic N) is 2. The topological polar surface area (TPSA) is 6.48 Å². The van der Waals surface area contributed by atoms with Gasteiger partial charge in [0, 0.05) is 53.7 Å². The van der Waals surface area contributed by atoms with Crippen molar-refractivity contribution in [3.05, 3.63) is 297 Å². The van der Waals surface area contributed by atoms with Gasteiger partial charge in [-0.1, -0.05) is 243 Å². The van der Waals surface area contributed by atoms with Gasteiger partial charge in [-0.15, -0.1) is 0 Å². The lowest BCUT2D eigenvalue weighted by atomic mass is 9.36. The molecule has 2 aliphatic rings. The number of benzene rings is 13. The van der Waals surface area contributed by atoms with Crippen molar-refractivity contribution < 1.29 is 0 Å². The molecule has 13 aromatic rings. The van der Waals surface area contributed by atoms with Gasteiger partial charge in [0.15, 0.2) is 0 Å². The predicted octanol–water partition coefficient (Wildman–Crippen LogP) is 20.3. The van der Waals surface area contributed by atoms with E-state index in [1.807, 2.05) is 23.5 Å². The molecule has 15 rings (SSSR count). The number of hydrogen-bond donors (Lipinski definition) is 0. The van der Waals surface area contributed by atoms with E-state index in [1.165, 1.54) is 108 Å². The van der Waals surface area contributed by atoms with Crippen molar-refractivity contribution in [2.45, 2.75) is 45.8 Å². The van der Waals surface area contributed by atoms with Crippen LogP contribution in [0.5, 0.6) is 0 Å². The van der Waals surface area contributed by atoms with Gasteiger partial charge in [-0.2, -0.15) is 0 Å². The summed E-state index contributed by atoms with van der Waals surface area (Å²) in [5.74, 6) is 0. The molecule has 0 spiro atoms. The van der Waals surface area contributed by atoms with Crippen molar-refractivity contribution in [2.24, 2.45) is 0 Å². The zero-order valence-electron chi connectivity index (χ0n) is 46.5. The van der Waals surface area contributed by atoms with E-state index >= 15 is 0 Å². The zero-order valence-corrected chi connectivity index (χ0v) is 48.1. The van der Waals surface area contributed by atoms with Crippen molar-refractivity contribution in [3.8, 4) is 44.5 Å². The number of anilines is 6. The van der Waals surface area contributed by atoms with Crippen LogP contribution < -0.4 is 26.2 Å². The van der Waals surface area contributed by atoms with E-state index in [0.29, 0.717) is 0 Å². The fourth-order valence-corrected chi connectivity index (χ4v) is 15.3. The first-order valence-electron chi connectivity index (χ1n) is 28.7. The first kappa shape index (κ1) is 50.7. The Bertz CT molecular complexity index is 4310. The van der Waals surface area contributed by atoms with Gasteiger partial charge in [-0.25, -0.2) is 0 Å². The van der Waals surface area contributed by atoms with Crippen LogP contribution in [-0.2, 0) is 5.41 Å². The Labute approximate surface area is 495 Å². The molecule has 83 heavy (non-hydrogen) atoms. The molecule has 2 heterocycles. The molecule has 0 N–H and O–H groups in total. The summed E-state index contributed by atoms with van der Waals surface area (Å²) in [6.45, 7) is 6.96. The summed E-state index contributed by atoms with van der Waals surface area (Å²) in [6, 6.07) is 108. The second-order valence-electron chi connectivity index (χ2n) is 22.8. The predicted molar refractivity (Wildman–Crippen MR) is 357 cm³/mol. The van der Waals surface area contributed by atoms with Crippen molar-refractivity contribution >= 4 is 102 Å². The largest absolute Gasteiger partial charge is 0.310 e. The van der Waals surface area contributed by atoms with E-state index in [2.05, 4.69) is 322 Å². The molecule has 0 amide bonds. The Morgan fingerprint density at radius 1 is 0.277 bits per heavy atom. The van der Waals surface area contributed by atoms with Crippen LogP contribution in [-0.4, -0.2) is 6.71 Å². The zero-order chi connectivity index (χ0) is 55.6. The molecule has 0 unspecified atom stereocenters. The normalized spacial score (nSPS) is 12.4. The van der Waals surface area contributed by atoms with Crippen molar-refractivity contribution in [1.82, 2.24) is 0 Å². The molecule has 0 atom stereocenters. The number of fused-ring (bicyclic) bond motifs is 6. The summed E-state index contributed by atoms with van der Waals surface area (Å²) in [5, 5.41) is 4.98. The van der Waals surface area contributed by atoms with E-state index in [4.69, 9.17) is 0 Å². The molecule has 0 fully saturated rings. The summed E-state index contributed by atoms with van der Waals surface area (Å²) in [7, 11) is 0. The maximum atomic E-state index is 2.51. The van der Waals surface area contributed by atoms with Crippen molar-refractivity contribution in [3.63, 3.8) is 0 Å². The summed E-state index contributed by atoms with van der Waals surface area (Å²) in [6.07, 6.45) is 0. The summed E-state index contributed by atoms with van der Waals surface area (Å²) in [5.41, 5.74) is 21.8. The van der Waals surface area contributed by atoms with Crippen molar-refractivity contribution in [2.75, 3.05) is 9.80 Å². The molecule has 394 valence electrons. The Kier molecular flexibility index (Phi) is 12.8. The number of para-hydroxylation sites is 4. The van der Waals surface area contributed by atoms with Crippen molar-refractivity contribution in [1.29, 1.82) is 0 Å². The van der Waals surface area contributed by atoms with Crippen LogP contribution in [0.1, 0.15) is 26.3 Å². The summed E-state index contributed by atoms with van der Waals surface area (Å²) in [4.78, 5) is 9.89. The highest BCUT2D eigenvalue weighted by atomic mass is 32.2. The molecule has 2 nitrogen and oxygen atoms in total. The highest BCUT2D eigenvalue weighted by Crippen LogP contribution is 2.49. The summed E-state index contributed by atoms with van der Waals surface area (Å²) >= 11 is 3.84. The maximum Gasteiger partial charge on any atom is 0.247 e. The van der Waals surface area contributed by atoms with Gasteiger partial charge in [0.1, 0.15) is 0 Å². The van der Waals surface area contributed by atoms with Gasteiger partial charge in [-0.05, 0) is 186 Å². The van der Waals surface area contributed by atoms with Gasteiger partial charge >= 0.3 is 0 Å². The third-order valence-corrected chi connectivity index (χ3v) is 18.9. The second-order valence-corrected chi connectivity index (χ2v) is 25.0. The third-order valence-electron chi connectivity index (χ3n) is 16.6.